The molecule has 24 heavy (non-hydrogen) atoms. The minimum Gasteiger partial charge on any atom is -0.364 e. The van der Waals surface area contributed by atoms with Crippen LogP contribution in [0, 0.1) is 5.82 Å². The van der Waals surface area contributed by atoms with Gasteiger partial charge in [-0.3, -0.25) is 9.59 Å². The summed E-state index contributed by atoms with van der Waals surface area (Å²) in [6, 6.07) is 5.89. The Morgan fingerprint density at radius 1 is 1.42 bits per heavy atom. The lowest BCUT2D eigenvalue weighted by atomic mass is 10.0. The summed E-state index contributed by atoms with van der Waals surface area (Å²) in [4.78, 5) is 28.2. The van der Waals surface area contributed by atoms with Crippen molar-refractivity contribution in [1.29, 1.82) is 0 Å². The molecule has 1 saturated heterocycles. The number of hydrogen-bond donors (Lipinski definition) is 2. The topological polar surface area (TPSA) is 79.2 Å². The highest BCUT2D eigenvalue weighted by atomic mass is 35.5. The lowest BCUT2D eigenvalue weighted by molar-refractivity contribution is 0.0736. The molecule has 1 fully saturated rings. The van der Waals surface area contributed by atoms with E-state index < -0.39 is 5.91 Å². The molecule has 1 aliphatic rings. The quantitative estimate of drug-likeness (QED) is 0.890. The predicted molar refractivity (Wildman–Crippen MR) is 88.5 cm³/mol. The summed E-state index contributed by atoms with van der Waals surface area (Å²) in [5, 5.41) is 0.368. The van der Waals surface area contributed by atoms with Crippen LogP contribution in [0.3, 0.4) is 0 Å². The van der Waals surface area contributed by atoms with E-state index in [1.54, 1.807) is 17.0 Å². The second-order valence-electron chi connectivity index (χ2n) is 5.87. The van der Waals surface area contributed by atoms with Crippen molar-refractivity contribution in [3.05, 3.63) is 58.1 Å². The zero-order valence-corrected chi connectivity index (χ0v) is 13.6. The van der Waals surface area contributed by atoms with Crippen LogP contribution >= 0.6 is 11.6 Å². The van der Waals surface area contributed by atoms with Crippen molar-refractivity contribution in [1.82, 2.24) is 9.88 Å². The second-order valence-corrected chi connectivity index (χ2v) is 6.27. The third-order valence-corrected chi connectivity index (χ3v) is 4.69. The van der Waals surface area contributed by atoms with Crippen LogP contribution in [0.15, 0.2) is 30.5 Å². The fraction of sp³-hybridized carbons (Fsp3) is 0.294. The van der Waals surface area contributed by atoms with Gasteiger partial charge in [0.05, 0.1) is 5.56 Å². The molecule has 1 aliphatic heterocycles. The van der Waals surface area contributed by atoms with Crippen LogP contribution < -0.4 is 5.73 Å². The summed E-state index contributed by atoms with van der Waals surface area (Å²) in [7, 11) is 0. The van der Waals surface area contributed by atoms with Gasteiger partial charge in [0.15, 0.2) is 0 Å². The van der Waals surface area contributed by atoms with Crippen LogP contribution in [0.5, 0.6) is 0 Å². The number of H-pyrrole nitrogens is 1. The van der Waals surface area contributed by atoms with E-state index in [1.807, 2.05) is 0 Å². The molecule has 2 amide bonds. The number of hydrogen-bond acceptors (Lipinski definition) is 2. The van der Waals surface area contributed by atoms with Gasteiger partial charge in [-0.25, -0.2) is 4.39 Å². The summed E-state index contributed by atoms with van der Waals surface area (Å²) in [5.41, 5.74) is 6.18. The first-order valence-electron chi connectivity index (χ1n) is 7.69. The number of likely N-dealkylation sites (tertiary alicyclic amines) is 1. The van der Waals surface area contributed by atoms with Gasteiger partial charge in [-0.1, -0.05) is 17.7 Å². The molecule has 2 aromatic rings. The molecule has 1 aromatic heterocycles. The molecule has 1 atom stereocenters. The van der Waals surface area contributed by atoms with E-state index in [0.29, 0.717) is 29.1 Å². The third-order valence-electron chi connectivity index (χ3n) is 4.33. The monoisotopic (exact) mass is 349 g/mol. The summed E-state index contributed by atoms with van der Waals surface area (Å²) in [6.45, 7) is 0.590. The lowest BCUT2D eigenvalue weighted by Gasteiger charge is -2.25. The highest BCUT2D eigenvalue weighted by Gasteiger charge is 2.31. The Morgan fingerprint density at radius 2 is 2.21 bits per heavy atom. The molecule has 2 heterocycles. The molecule has 0 saturated carbocycles. The first kappa shape index (κ1) is 16.5. The number of nitrogens with one attached hydrogen (secondary N) is 1. The van der Waals surface area contributed by atoms with Gasteiger partial charge >= 0.3 is 0 Å². The van der Waals surface area contributed by atoms with E-state index in [0.717, 1.165) is 12.8 Å². The molecule has 126 valence electrons. The molecule has 0 spiro atoms. The summed E-state index contributed by atoms with van der Waals surface area (Å²) in [5.74, 6) is -1.18. The second kappa shape index (κ2) is 6.65. The van der Waals surface area contributed by atoms with Gasteiger partial charge < -0.3 is 15.6 Å². The van der Waals surface area contributed by atoms with E-state index in [1.165, 1.54) is 18.3 Å². The normalized spacial score (nSPS) is 17.2. The highest BCUT2D eigenvalue weighted by Crippen LogP contribution is 2.28. The molecule has 1 aromatic carbocycles. The van der Waals surface area contributed by atoms with Crippen LogP contribution in [0.1, 0.15) is 39.3 Å². The maximum absolute atomic E-state index is 14.0. The van der Waals surface area contributed by atoms with Crippen LogP contribution in [-0.4, -0.2) is 34.3 Å². The van der Waals surface area contributed by atoms with Gasteiger partial charge in [-0.2, -0.15) is 0 Å². The van der Waals surface area contributed by atoms with Gasteiger partial charge in [0, 0.05) is 29.4 Å². The van der Waals surface area contributed by atoms with E-state index in [2.05, 4.69) is 4.98 Å². The van der Waals surface area contributed by atoms with E-state index >= 15 is 0 Å². The molecule has 5 nitrogen and oxygen atoms in total. The van der Waals surface area contributed by atoms with Crippen molar-refractivity contribution in [2.75, 3.05) is 6.54 Å². The zero-order chi connectivity index (χ0) is 17.3. The number of nitrogens with zero attached hydrogens (tertiary/aromatic N) is 1. The summed E-state index contributed by atoms with van der Waals surface area (Å²) >= 11 is 6.09. The summed E-state index contributed by atoms with van der Waals surface area (Å²) in [6.07, 6.45) is 3.46. The van der Waals surface area contributed by atoms with Gasteiger partial charge in [-0.05, 0) is 37.5 Å². The van der Waals surface area contributed by atoms with Crippen molar-refractivity contribution < 1.29 is 14.0 Å². The molecule has 3 N–H and O–H groups in total. The summed E-state index contributed by atoms with van der Waals surface area (Å²) < 4.78 is 14.0. The predicted octanol–water partition coefficient (Wildman–Crippen LogP) is 2.75. The number of carbonyl (C=O) groups excluding carboxylic acids is 2. The largest absolute Gasteiger partial charge is 0.364 e. The first-order valence-corrected chi connectivity index (χ1v) is 8.07. The van der Waals surface area contributed by atoms with Crippen LogP contribution in [0.4, 0.5) is 4.39 Å². The van der Waals surface area contributed by atoms with E-state index in [4.69, 9.17) is 17.3 Å². The number of aromatic nitrogens is 1. The standard InChI is InChI=1S/C17H17ClFN3O2/c18-13-4-1-5-14(19)12(13)8-11-3-2-6-22(11)17(24)10-7-15(16(20)23)21-9-10/h1,4-5,7,9,11,21H,2-3,6,8H2,(H2,20,23). The Morgan fingerprint density at radius 3 is 2.88 bits per heavy atom. The average Bonchev–Trinajstić information content (AvgIpc) is 3.19. The van der Waals surface area contributed by atoms with Gasteiger partial charge in [0.25, 0.3) is 11.8 Å². The Bertz CT molecular complexity index is 770. The number of rotatable bonds is 4. The van der Waals surface area contributed by atoms with Gasteiger partial charge in [0.1, 0.15) is 11.5 Å². The van der Waals surface area contributed by atoms with Crippen molar-refractivity contribution in [3.8, 4) is 0 Å². The van der Waals surface area contributed by atoms with Crippen LogP contribution in [-0.2, 0) is 6.42 Å². The maximum atomic E-state index is 14.0. The van der Waals surface area contributed by atoms with Crippen LogP contribution in [0.25, 0.3) is 0 Å². The molecule has 0 radical (unpaired) electrons. The highest BCUT2D eigenvalue weighted by molar-refractivity contribution is 6.31. The van der Waals surface area contributed by atoms with Gasteiger partial charge in [0.2, 0.25) is 0 Å². The third kappa shape index (κ3) is 3.14. The molecule has 0 aliphatic carbocycles. The Balaban J connectivity index is 1.80. The molecular weight excluding hydrogens is 333 g/mol. The average molecular weight is 350 g/mol. The van der Waals surface area contributed by atoms with Crippen molar-refractivity contribution in [2.24, 2.45) is 5.73 Å². The van der Waals surface area contributed by atoms with Crippen molar-refractivity contribution in [2.45, 2.75) is 25.3 Å². The number of halogens is 2. The number of benzene rings is 1. The molecular formula is C17H17ClFN3O2. The minimum absolute atomic E-state index is 0.126. The first-order chi connectivity index (χ1) is 11.5. The van der Waals surface area contributed by atoms with Crippen molar-refractivity contribution in [3.63, 3.8) is 0 Å². The number of aromatic amines is 1. The fourth-order valence-electron chi connectivity index (χ4n) is 3.10. The zero-order valence-electron chi connectivity index (χ0n) is 12.9. The maximum Gasteiger partial charge on any atom is 0.265 e. The van der Waals surface area contributed by atoms with E-state index in [-0.39, 0.29) is 23.5 Å². The van der Waals surface area contributed by atoms with Crippen molar-refractivity contribution >= 4 is 23.4 Å². The van der Waals surface area contributed by atoms with E-state index in [9.17, 15) is 14.0 Å². The lowest BCUT2D eigenvalue weighted by Crippen LogP contribution is -2.36. The number of carbonyl (C=O) groups is 2. The molecule has 0 bridgehead atoms. The fourth-order valence-corrected chi connectivity index (χ4v) is 3.34. The SMILES string of the molecule is NC(=O)c1cc(C(=O)N2CCCC2Cc2c(F)cccc2Cl)c[nH]1. The number of amides is 2. The van der Waals surface area contributed by atoms with Crippen LogP contribution in [0.2, 0.25) is 5.02 Å². The Labute approximate surface area is 143 Å². The smallest absolute Gasteiger partial charge is 0.265 e. The number of primary amides is 1. The Kier molecular flexibility index (Phi) is 4.57. The molecule has 1 unspecified atom stereocenters. The number of nitrogens with two attached hydrogens (primary N) is 1. The molecule has 7 heteroatoms. The van der Waals surface area contributed by atoms with Gasteiger partial charge in [-0.15, -0.1) is 0 Å². The molecule has 3 rings (SSSR count). The Hall–Kier alpha value is -2.34. The minimum atomic E-state index is -0.620.